The van der Waals surface area contributed by atoms with E-state index in [0.29, 0.717) is 0 Å². The van der Waals surface area contributed by atoms with Crippen LogP contribution in [0.3, 0.4) is 0 Å². The minimum Gasteiger partial charge on any atom is -0.444 e. The van der Waals surface area contributed by atoms with Crippen molar-refractivity contribution in [3.8, 4) is 0 Å². The van der Waals surface area contributed by atoms with E-state index in [1.807, 2.05) is 0 Å². The highest BCUT2D eigenvalue weighted by atomic mass is 32.2. The van der Waals surface area contributed by atoms with Crippen molar-refractivity contribution in [1.82, 2.24) is 4.90 Å². The normalized spacial score (nSPS) is 25.2. The van der Waals surface area contributed by atoms with Gasteiger partial charge >= 0.3 is 6.09 Å². The second kappa shape index (κ2) is 4.24. The fourth-order valence-corrected chi connectivity index (χ4v) is 3.15. The first-order valence-corrected chi connectivity index (χ1v) is 7.13. The molecule has 0 radical (unpaired) electrons. The topological polar surface area (TPSA) is 63.7 Å². The molecule has 1 saturated heterocycles. The number of ether oxygens (including phenoxy) is 1. The second-order valence-electron chi connectivity index (χ2n) is 5.14. The molecule has 1 fully saturated rings. The van der Waals surface area contributed by atoms with E-state index in [2.05, 4.69) is 0 Å². The summed E-state index contributed by atoms with van der Waals surface area (Å²) in [7, 11) is -2.99. The van der Waals surface area contributed by atoms with Crippen LogP contribution < -0.4 is 0 Å². The Balaban J connectivity index is 2.66. The number of nitrogens with zero attached hydrogens (tertiary/aromatic N) is 1. The molecular weight excluding hydrogens is 230 g/mol. The minimum absolute atomic E-state index is 0.0201. The van der Waals surface area contributed by atoms with Gasteiger partial charge in [0.2, 0.25) is 0 Å². The van der Waals surface area contributed by atoms with Gasteiger partial charge in [0.1, 0.15) is 5.60 Å². The molecule has 1 rings (SSSR count). The first kappa shape index (κ1) is 13.3. The van der Waals surface area contributed by atoms with Crippen molar-refractivity contribution in [3.05, 3.63) is 0 Å². The van der Waals surface area contributed by atoms with Crippen LogP contribution in [0, 0.1) is 0 Å². The Hall–Kier alpha value is -0.780. The van der Waals surface area contributed by atoms with Gasteiger partial charge in [-0.15, -0.1) is 0 Å². The second-order valence-corrected chi connectivity index (χ2v) is 7.37. The zero-order valence-electron chi connectivity index (χ0n) is 10.2. The van der Waals surface area contributed by atoms with Crippen molar-refractivity contribution in [1.29, 1.82) is 0 Å². The largest absolute Gasteiger partial charge is 0.444 e. The summed E-state index contributed by atoms with van der Waals surface area (Å²) < 4.78 is 27.9. The van der Waals surface area contributed by atoms with Crippen molar-refractivity contribution in [3.63, 3.8) is 0 Å². The zero-order chi connectivity index (χ0) is 12.6. The van der Waals surface area contributed by atoms with Crippen molar-refractivity contribution < 1.29 is 17.9 Å². The molecule has 1 amide bonds. The van der Waals surface area contributed by atoms with Gasteiger partial charge in [0, 0.05) is 12.6 Å². The van der Waals surface area contributed by atoms with Crippen molar-refractivity contribution in [2.24, 2.45) is 0 Å². The Kier molecular flexibility index (Phi) is 3.52. The van der Waals surface area contributed by atoms with E-state index < -0.39 is 21.5 Å². The predicted octanol–water partition coefficient (Wildman–Crippen LogP) is 1.04. The molecule has 1 aliphatic rings. The van der Waals surface area contributed by atoms with Crippen LogP contribution in [0.1, 0.15) is 27.7 Å². The number of hydrogen-bond donors (Lipinski definition) is 0. The van der Waals surface area contributed by atoms with Gasteiger partial charge in [0.05, 0.1) is 11.5 Å². The number of carbonyl (C=O) groups is 1. The summed E-state index contributed by atoms with van der Waals surface area (Å²) in [5.74, 6) is 0.0445. The number of amides is 1. The summed E-state index contributed by atoms with van der Waals surface area (Å²) in [6, 6.07) is -0.311. The maximum absolute atomic E-state index is 11.7. The molecule has 1 unspecified atom stereocenters. The Labute approximate surface area is 96.7 Å². The standard InChI is InChI=1S/C10H19NO4S/c1-8-7-16(13,14)6-5-11(8)9(12)15-10(2,3)4/h8H,5-7H2,1-4H3. The molecule has 0 aromatic heterocycles. The summed E-state index contributed by atoms with van der Waals surface area (Å²) in [6.07, 6.45) is -0.435. The van der Waals surface area contributed by atoms with Crippen LogP contribution >= 0.6 is 0 Å². The van der Waals surface area contributed by atoms with Gasteiger partial charge in [-0.1, -0.05) is 0 Å². The summed E-state index contributed by atoms with van der Waals surface area (Å²) in [6.45, 7) is 7.31. The minimum atomic E-state index is -2.99. The lowest BCUT2D eigenvalue weighted by Gasteiger charge is -2.34. The van der Waals surface area contributed by atoms with Crippen LogP contribution in [-0.2, 0) is 14.6 Å². The third-order valence-electron chi connectivity index (χ3n) is 2.30. The third kappa shape index (κ3) is 3.66. The van der Waals surface area contributed by atoms with Gasteiger partial charge in [-0.3, -0.25) is 0 Å². The fraction of sp³-hybridized carbons (Fsp3) is 0.900. The monoisotopic (exact) mass is 249 g/mol. The molecule has 16 heavy (non-hydrogen) atoms. The van der Waals surface area contributed by atoms with Gasteiger partial charge < -0.3 is 9.64 Å². The molecule has 1 heterocycles. The maximum Gasteiger partial charge on any atom is 0.410 e. The molecule has 5 nitrogen and oxygen atoms in total. The molecule has 0 aliphatic carbocycles. The van der Waals surface area contributed by atoms with E-state index in [9.17, 15) is 13.2 Å². The SMILES string of the molecule is CC1CS(=O)(=O)CCN1C(=O)OC(C)(C)C. The Morgan fingerprint density at radius 3 is 2.38 bits per heavy atom. The summed E-state index contributed by atoms with van der Waals surface area (Å²) in [5.41, 5.74) is -0.548. The summed E-state index contributed by atoms with van der Waals surface area (Å²) >= 11 is 0. The Morgan fingerprint density at radius 2 is 1.94 bits per heavy atom. The highest BCUT2D eigenvalue weighted by Gasteiger charge is 2.33. The Bertz CT molecular complexity index is 369. The third-order valence-corrected chi connectivity index (χ3v) is 4.09. The molecule has 1 aliphatic heterocycles. The van der Waals surface area contributed by atoms with Crippen molar-refractivity contribution >= 4 is 15.9 Å². The van der Waals surface area contributed by atoms with E-state index in [1.54, 1.807) is 27.7 Å². The molecule has 1 atom stereocenters. The maximum atomic E-state index is 11.7. The first-order valence-electron chi connectivity index (χ1n) is 5.31. The van der Waals surface area contributed by atoms with E-state index in [4.69, 9.17) is 4.74 Å². The lowest BCUT2D eigenvalue weighted by Crippen LogP contribution is -2.51. The van der Waals surface area contributed by atoms with Crippen LogP contribution in [0.5, 0.6) is 0 Å². The van der Waals surface area contributed by atoms with Crippen LogP contribution in [0.4, 0.5) is 4.79 Å². The highest BCUT2D eigenvalue weighted by molar-refractivity contribution is 7.91. The van der Waals surface area contributed by atoms with Crippen molar-refractivity contribution in [2.45, 2.75) is 39.3 Å². The van der Waals surface area contributed by atoms with Crippen LogP contribution in [0.2, 0.25) is 0 Å². The van der Waals surface area contributed by atoms with E-state index in [-0.39, 0.29) is 24.1 Å². The molecule has 94 valence electrons. The molecule has 0 N–H and O–H groups in total. The van der Waals surface area contributed by atoms with Gasteiger partial charge in [-0.05, 0) is 27.7 Å². The van der Waals surface area contributed by atoms with E-state index in [0.717, 1.165) is 0 Å². The highest BCUT2D eigenvalue weighted by Crippen LogP contribution is 2.16. The fourth-order valence-electron chi connectivity index (χ4n) is 1.59. The number of hydrogen-bond acceptors (Lipinski definition) is 4. The zero-order valence-corrected chi connectivity index (χ0v) is 11.0. The molecule has 0 aromatic carbocycles. The molecule has 6 heteroatoms. The smallest absolute Gasteiger partial charge is 0.410 e. The van der Waals surface area contributed by atoms with Crippen molar-refractivity contribution in [2.75, 3.05) is 18.1 Å². The van der Waals surface area contributed by atoms with Gasteiger partial charge in [-0.25, -0.2) is 13.2 Å². The Morgan fingerprint density at radius 1 is 1.38 bits per heavy atom. The van der Waals surface area contributed by atoms with Crippen LogP contribution in [0.15, 0.2) is 0 Å². The van der Waals surface area contributed by atoms with Gasteiger partial charge in [-0.2, -0.15) is 0 Å². The average molecular weight is 249 g/mol. The molecule has 0 bridgehead atoms. The van der Waals surface area contributed by atoms with Gasteiger partial charge in [0.15, 0.2) is 9.84 Å². The molecule has 0 saturated carbocycles. The molecular formula is C10H19NO4S. The summed E-state index contributed by atoms with van der Waals surface area (Å²) in [5, 5.41) is 0. The predicted molar refractivity (Wildman–Crippen MR) is 61.1 cm³/mol. The van der Waals surface area contributed by atoms with Crippen LogP contribution in [0.25, 0.3) is 0 Å². The lowest BCUT2D eigenvalue weighted by molar-refractivity contribution is 0.0199. The molecule has 0 spiro atoms. The lowest BCUT2D eigenvalue weighted by atomic mass is 10.2. The van der Waals surface area contributed by atoms with Crippen LogP contribution in [-0.4, -0.2) is 49.1 Å². The number of sulfone groups is 1. The summed E-state index contributed by atoms with van der Waals surface area (Å²) in [4.78, 5) is 13.2. The van der Waals surface area contributed by atoms with E-state index in [1.165, 1.54) is 4.90 Å². The van der Waals surface area contributed by atoms with Gasteiger partial charge in [0.25, 0.3) is 0 Å². The number of carbonyl (C=O) groups excluding carboxylic acids is 1. The first-order chi connectivity index (χ1) is 7.11. The average Bonchev–Trinajstić information content (AvgIpc) is 1.97. The molecule has 0 aromatic rings. The van der Waals surface area contributed by atoms with E-state index >= 15 is 0 Å². The quantitative estimate of drug-likeness (QED) is 0.643. The number of rotatable bonds is 0.